The molecule has 1 aromatic carbocycles. The smallest absolute Gasteiger partial charge is 0.163 e. The Morgan fingerprint density at radius 1 is 1.33 bits per heavy atom. The van der Waals surface area contributed by atoms with Crippen LogP contribution < -0.4 is 5.73 Å². The van der Waals surface area contributed by atoms with Gasteiger partial charge >= 0.3 is 0 Å². The minimum atomic E-state index is -0.908. The lowest BCUT2D eigenvalue weighted by molar-refractivity contribution is 0.184. The van der Waals surface area contributed by atoms with Gasteiger partial charge in [0.25, 0.3) is 0 Å². The molecule has 4 heteroatoms. The lowest BCUT2D eigenvalue weighted by Gasteiger charge is -2.21. The van der Waals surface area contributed by atoms with Crippen molar-refractivity contribution in [1.82, 2.24) is 0 Å². The fourth-order valence-electron chi connectivity index (χ4n) is 1.36. The van der Waals surface area contributed by atoms with Crippen LogP contribution in [0.5, 0.6) is 0 Å². The summed E-state index contributed by atoms with van der Waals surface area (Å²) in [5.74, 6) is -1.78. The quantitative estimate of drug-likeness (QED) is 0.839. The number of benzene rings is 1. The van der Waals surface area contributed by atoms with Crippen LogP contribution in [0.25, 0.3) is 0 Å². The maximum atomic E-state index is 13.4. The summed E-state index contributed by atoms with van der Waals surface area (Å²) in [6.45, 7) is 3.49. The van der Waals surface area contributed by atoms with Gasteiger partial charge in [0.15, 0.2) is 11.6 Å². The van der Waals surface area contributed by atoms with Gasteiger partial charge in [-0.2, -0.15) is 0 Å². The van der Waals surface area contributed by atoms with Gasteiger partial charge in [-0.05, 0) is 31.5 Å². The average Bonchev–Trinajstić information content (AvgIpc) is 2.09. The van der Waals surface area contributed by atoms with E-state index in [4.69, 9.17) is 10.5 Å². The molecule has 2 N–H and O–H groups in total. The predicted molar refractivity (Wildman–Crippen MR) is 54.3 cm³/mol. The van der Waals surface area contributed by atoms with Gasteiger partial charge in [0.2, 0.25) is 0 Å². The summed E-state index contributed by atoms with van der Waals surface area (Å²) < 4.78 is 31.5. The van der Waals surface area contributed by atoms with Crippen molar-refractivity contribution in [1.29, 1.82) is 0 Å². The Kier molecular flexibility index (Phi) is 3.42. The summed E-state index contributed by atoms with van der Waals surface area (Å²) in [6.07, 6.45) is 0. The third-order valence-corrected chi connectivity index (χ3v) is 2.09. The van der Waals surface area contributed by atoms with Crippen LogP contribution >= 0.6 is 0 Å². The van der Waals surface area contributed by atoms with Gasteiger partial charge in [0.1, 0.15) is 0 Å². The van der Waals surface area contributed by atoms with Gasteiger partial charge < -0.3 is 10.5 Å². The van der Waals surface area contributed by atoms with E-state index in [1.165, 1.54) is 13.2 Å². The Bertz CT molecular complexity index is 358. The number of rotatable bonds is 3. The molecule has 1 rings (SSSR count). The normalized spacial score (nSPS) is 11.9. The standard InChI is InChI=1S/C11H15F2NO/c1-11(2,14)8-4-7(6-15-3)5-9(12)10(8)13/h4-5H,6,14H2,1-3H3. The van der Waals surface area contributed by atoms with Crippen molar-refractivity contribution in [2.24, 2.45) is 5.73 Å². The van der Waals surface area contributed by atoms with E-state index in [-0.39, 0.29) is 12.2 Å². The largest absolute Gasteiger partial charge is 0.380 e. The molecule has 0 aliphatic carbocycles. The number of hydrogen-bond donors (Lipinski definition) is 1. The Morgan fingerprint density at radius 3 is 2.40 bits per heavy atom. The van der Waals surface area contributed by atoms with Gasteiger partial charge in [-0.25, -0.2) is 8.78 Å². The number of ether oxygens (including phenoxy) is 1. The molecule has 0 atom stereocenters. The average molecular weight is 215 g/mol. The van der Waals surface area contributed by atoms with E-state index >= 15 is 0 Å². The molecule has 0 heterocycles. The molecule has 0 bridgehead atoms. The highest BCUT2D eigenvalue weighted by Crippen LogP contribution is 2.24. The van der Waals surface area contributed by atoms with Crippen molar-refractivity contribution in [3.05, 3.63) is 34.9 Å². The Hall–Kier alpha value is -1.00. The molecular formula is C11H15F2NO. The van der Waals surface area contributed by atoms with E-state index in [2.05, 4.69) is 0 Å². The molecule has 0 unspecified atom stereocenters. The molecule has 0 fully saturated rings. The summed E-state index contributed by atoms with van der Waals surface area (Å²) >= 11 is 0. The van der Waals surface area contributed by atoms with Crippen LogP contribution in [0.3, 0.4) is 0 Å². The monoisotopic (exact) mass is 215 g/mol. The lowest BCUT2D eigenvalue weighted by atomic mass is 9.93. The van der Waals surface area contributed by atoms with Crippen LogP contribution in [-0.4, -0.2) is 7.11 Å². The first kappa shape index (κ1) is 12.1. The Labute approximate surface area is 88.0 Å². The molecule has 2 nitrogen and oxygen atoms in total. The molecule has 15 heavy (non-hydrogen) atoms. The number of nitrogens with two attached hydrogens (primary N) is 1. The van der Waals surface area contributed by atoms with Crippen molar-refractivity contribution in [2.75, 3.05) is 7.11 Å². The lowest BCUT2D eigenvalue weighted by Crippen LogP contribution is -2.30. The summed E-state index contributed by atoms with van der Waals surface area (Å²) in [4.78, 5) is 0. The third-order valence-electron chi connectivity index (χ3n) is 2.09. The number of methoxy groups -OCH3 is 1. The van der Waals surface area contributed by atoms with Crippen LogP contribution in [0.2, 0.25) is 0 Å². The van der Waals surface area contributed by atoms with Crippen LogP contribution in [0.1, 0.15) is 25.0 Å². The summed E-state index contributed by atoms with van der Waals surface area (Å²) in [5, 5.41) is 0. The van der Waals surface area contributed by atoms with Crippen LogP contribution in [0.4, 0.5) is 8.78 Å². The van der Waals surface area contributed by atoms with Gasteiger partial charge in [-0.15, -0.1) is 0 Å². The highest BCUT2D eigenvalue weighted by Gasteiger charge is 2.22. The second kappa shape index (κ2) is 4.24. The molecule has 0 aromatic heterocycles. The highest BCUT2D eigenvalue weighted by atomic mass is 19.2. The molecule has 0 spiro atoms. The SMILES string of the molecule is COCc1cc(F)c(F)c(C(C)(C)N)c1. The second-order valence-electron chi connectivity index (χ2n) is 4.09. The predicted octanol–water partition coefficient (Wildman–Crippen LogP) is 2.30. The minimum Gasteiger partial charge on any atom is -0.380 e. The zero-order valence-corrected chi connectivity index (χ0v) is 9.10. The minimum absolute atomic E-state index is 0.162. The summed E-state index contributed by atoms with van der Waals surface area (Å²) in [7, 11) is 1.49. The van der Waals surface area contributed by atoms with Gasteiger partial charge in [0.05, 0.1) is 6.61 Å². The number of hydrogen-bond acceptors (Lipinski definition) is 2. The first-order chi connectivity index (χ1) is 6.86. The van der Waals surface area contributed by atoms with Crippen molar-refractivity contribution in [3.63, 3.8) is 0 Å². The van der Waals surface area contributed by atoms with Crippen molar-refractivity contribution in [3.8, 4) is 0 Å². The topological polar surface area (TPSA) is 35.2 Å². The molecule has 84 valence electrons. The van der Waals surface area contributed by atoms with E-state index in [0.29, 0.717) is 5.56 Å². The van der Waals surface area contributed by atoms with Crippen LogP contribution in [0, 0.1) is 11.6 Å². The van der Waals surface area contributed by atoms with Crippen LogP contribution in [-0.2, 0) is 16.9 Å². The van der Waals surface area contributed by atoms with Gasteiger partial charge in [0, 0.05) is 18.2 Å². The van der Waals surface area contributed by atoms with E-state index in [1.807, 2.05) is 0 Å². The Morgan fingerprint density at radius 2 is 1.93 bits per heavy atom. The Balaban J connectivity index is 3.25. The maximum absolute atomic E-state index is 13.4. The van der Waals surface area contributed by atoms with Gasteiger partial charge in [-0.1, -0.05) is 0 Å². The zero-order valence-electron chi connectivity index (χ0n) is 9.10. The third kappa shape index (κ3) is 2.73. The van der Waals surface area contributed by atoms with Crippen molar-refractivity contribution >= 4 is 0 Å². The second-order valence-corrected chi connectivity index (χ2v) is 4.09. The summed E-state index contributed by atoms with van der Waals surface area (Å²) in [5.41, 5.74) is 5.57. The van der Waals surface area contributed by atoms with E-state index in [1.54, 1.807) is 13.8 Å². The fraction of sp³-hybridized carbons (Fsp3) is 0.455. The number of halogens is 2. The molecule has 0 amide bonds. The molecular weight excluding hydrogens is 200 g/mol. The fourth-order valence-corrected chi connectivity index (χ4v) is 1.36. The molecule has 1 aromatic rings. The summed E-state index contributed by atoms with van der Waals surface area (Å²) in [6, 6.07) is 2.65. The van der Waals surface area contributed by atoms with E-state index in [9.17, 15) is 8.78 Å². The molecule has 0 saturated carbocycles. The first-order valence-corrected chi connectivity index (χ1v) is 4.62. The van der Waals surface area contributed by atoms with Gasteiger partial charge in [-0.3, -0.25) is 0 Å². The molecule has 0 saturated heterocycles. The zero-order chi connectivity index (χ0) is 11.6. The van der Waals surface area contributed by atoms with Crippen molar-refractivity contribution < 1.29 is 13.5 Å². The first-order valence-electron chi connectivity index (χ1n) is 4.62. The molecule has 0 radical (unpaired) electrons. The molecule has 0 aliphatic heterocycles. The van der Waals surface area contributed by atoms with E-state index in [0.717, 1.165) is 6.07 Å². The van der Waals surface area contributed by atoms with Crippen LogP contribution in [0.15, 0.2) is 12.1 Å². The van der Waals surface area contributed by atoms with E-state index < -0.39 is 17.2 Å². The van der Waals surface area contributed by atoms with Crippen molar-refractivity contribution in [2.45, 2.75) is 26.0 Å². The maximum Gasteiger partial charge on any atom is 0.163 e. The highest BCUT2D eigenvalue weighted by molar-refractivity contribution is 5.30. The molecule has 0 aliphatic rings.